The normalized spacial score (nSPS) is 10.9. The second kappa shape index (κ2) is 4.83. The first-order valence-electron chi connectivity index (χ1n) is 5.82. The number of fused-ring (bicyclic) bond motifs is 1. The molecule has 0 fully saturated rings. The molecule has 0 saturated carbocycles. The molecule has 0 bridgehead atoms. The average Bonchev–Trinajstić information content (AvgIpc) is 2.84. The first kappa shape index (κ1) is 13.0. The minimum atomic E-state index is -0.498. The van der Waals surface area contributed by atoms with Gasteiger partial charge >= 0.3 is 0 Å². The molecule has 100 valence electrons. The van der Waals surface area contributed by atoms with E-state index in [1.807, 2.05) is 0 Å². The van der Waals surface area contributed by atoms with Crippen LogP contribution in [0.3, 0.4) is 0 Å². The highest BCUT2D eigenvalue weighted by Gasteiger charge is 2.15. The number of halogens is 3. The van der Waals surface area contributed by atoms with Crippen molar-refractivity contribution in [3.05, 3.63) is 69.8 Å². The van der Waals surface area contributed by atoms with Crippen LogP contribution in [0.2, 0.25) is 0 Å². The average molecular weight is 336 g/mol. The molecule has 3 rings (SSSR count). The summed E-state index contributed by atoms with van der Waals surface area (Å²) < 4.78 is 26.9. The van der Waals surface area contributed by atoms with Gasteiger partial charge in [-0.3, -0.25) is 4.79 Å². The Kier molecular flexibility index (Phi) is 3.14. The minimum absolute atomic E-state index is 0.246. The quantitative estimate of drug-likeness (QED) is 0.690. The van der Waals surface area contributed by atoms with Gasteiger partial charge in [0.15, 0.2) is 5.78 Å². The van der Waals surface area contributed by atoms with Crippen LogP contribution in [0.5, 0.6) is 0 Å². The van der Waals surface area contributed by atoms with Crippen molar-refractivity contribution >= 4 is 32.6 Å². The third kappa shape index (κ3) is 2.14. The minimum Gasteiger partial charge on any atom is -0.360 e. The van der Waals surface area contributed by atoms with E-state index >= 15 is 0 Å². The highest BCUT2D eigenvalue weighted by Crippen LogP contribution is 2.24. The summed E-state index contributed by atoms with van der Waals surface area (Å²) in [5, 5.41) is 0.611. The van der Waals surface area contributed by atoms with E-state index in [1.54, 1.807) is 0 Å². The Morgan fingerprint density at radius 2 is 1.90 bits per heavy atom. The van der Waals surface area contributed by atoms with Crippen molar-refractivity contribution in [2.45, 2.75) is 0 Å². The molecule has 5 heteroatoms. The topological polar surface area (TPSA) is 32.9 Å². The largest absolute Gasteiger partial charge is 0.360 e. The number of aromatic amines is 1. The maximum atomic E-state index is 13.5. The van der Waals surface area contributed by atoms with Gasteiger partial charge in [0.25, 0.3) is 0 Å². The van der Waals surface area contributed by atoms with Crippen LogP contribution < -0.4 is 0 Å². The SMILES string of the molecule is O=C(c1ccc(Br)c(F)c1)c1c[nH]c2cc(F)ccc12. The number of aromatic nitrogens is 1. The van der Waals surface area contributed by atoms with Crippen LogP contribution in [-0.4, -0.2) is 10.8 Å². The highest BCUT2D eigenvalue weighted by atomic mass is 79.9. The summed E-state index contributed by atoms with van der Waals surface area (Å²) in [6.45, 7) is 0. The molecule has 2 aromatic carbocycles. The van der Waals surface area contributed by atoms with Gasteiger partial charge in [-0.25, -0.2) is 8.78 Å². The summed E-state index contributed by atoms with van der Waals surface area (Å²) in [5.41, 5.74) is 1.17. The molecule has 0 aliphatic heterocycles. The van der Waals surface area contributed by atoms with Gasteiger partial charge in [-0.2, -0.15) is 0 Å². The second-order valence-electron chi connectivity index (χ2n) is 4.35. The van der Waals surface area contributed by atoms with E-state index in [4.69, 9.17) is 0 Å². The van der Waals surface area contributed by atoms with E-state index < -0.39 is 5.82 Å². The third-order valence-corrected chi connectivity index (χ3v) is 3.71. The predicted octanol–water partition coefficient (Wildman–Crippen LogP) is 4.44. The maximum Gasteiger partial charge on any atom is 0.195 e. The van der Waals surface area contributed by atoms with E-state index in [2.05, 4.69) is 20.9 Å². The molecule has 20 heavy (non-hydrogen) atoms. The van der Waals surface area contributed by atoms with Gasteiger partial charge in [0, 0.05) is 28.2 Å². The first-order valence-corrected chi connectivity index (χ1v) is 6.62. The van der Waals surface area contributed by atoms with Crippen LogP contribution in [0.25, 0.3) is 10.9 Å². The molecule has 0 radical (unpaired) electrons. The molecule has 1 N–H and O–H groups in total. The standard InChI is InChI=1S/C15H8BrF2NO/c16-12-4-1-8(5-13(12)18)15(20)11-7-19-14-6-9(17)2-3-10(11)14/h1-7,19H. The Bertz CT molecular complexity index is 826. The first-order chi connectivity index (χ1) is 9.56. The fourth-order valence-electron chi connectivity index (χ4n) is 2.08. The lowest BCUT2D eigenvalue weighted by Crippen LogP contribution is -2.01. The Balaban J connectivity index is 2.10. The Morgan fingerprint density at radius 3 is 2.65 bits per heavy atom. The van der Waals surface area contributed by atoms with Crippen LogP contribution in [-0.2, 0) is 0 Å². The van der Waals surface area contributed by atoms with Crippen LogP contribution in [0.15, 0.2) is 47.1 Å². The molecular weight excluding hydrogens is 328 g/mol. The van der Waals surface area contributed by atoms with Crippen LogP contribution >= 0.6 is 15.9 Å². The lowest BCUT2D eigenvalue weighted by molar-refractivity contribution is 0.104. The monoisotopic (exact) mass is 335 g/mol. The van der Waals surface area contributed by atoms with Crippen LogP contribution in [0, 0.1) is 11.6 Å². The molecule has 0 aliphatic carbocycles. The number of nitrogens with one attached hydrogen (secondary N) is 1. The van der Waals surface area contributed by atoms with Gasteiger partial charge < -0.3 is 4.98 Å². The zero-order valence-electron chi connectivity index (χ0n) is 10.1. The van der Waals surface area contributed by atoms with Gasteiger partial charge in [0.1, 0.15) is 11.6 Å². The fraction of sp³-hybridized carbons (Fsp3) is 0. The molecule has 0 aliphatic rings. The Labute approximate surface area is 121 Å². The summed E-state index contributed by atoms with van der Waals surface area (Å²) in [6, 6.07) is 8.33. The number of carbonyl (C=O) groups excluding carboxylic acids is 1. The Hall–Kier alpha value is -2.01. The number of hydrogen-bond donors (Lipinski definition) is 1. The summed E-state index contributed by atoms with van der Waals surface area (Å²) in [6.07, 6.45) is 1.51. The lowest BCUT2D eigenvalue weighted by Gasteiger charge is -2.01. The summed E-state index contributed by atoms with van der Waals surface area (Å²) >= 11 is 3.04. The molecular formula is C15H8BrF2NO. The third-order valence-electron chi connectivity index (χ3n) is 3.07. The molecule has 3 aromatic rings. The highest BCUT2D eigenvalue weighted by molar-refractivity contribution is 9.10. The smallest absolute Gasteiger partial charge is 0.195 e. The number of carbonyl (C=O) groups is 1. The number of rotatable bonds is 2. The zero-order chi connectivity index (χ0) is 14.3. The van der Waals surface area contributed by atoms with E-state index in [1.165, 1.54) is 42.6 Å². The molecule has 0 unspecified atom stereocenters. The van der Waals surface area contributed by atoms with Crippen molar-refractivity contribution in [3.8, 4) is 0 Å². The molecule has 0 amide bonds. The van der Waals surface area contributed by atoms with E-state index in [0.29, 0.717) is 20.9 Å². The zero-order valence-corrected chi connectivity index (χ0v) is 11.7. The van der Waals surface area contributed by atoms with Crippen molar-refractivity contribution in [2.75, 3.05) is 0 Å². The number of ketones is 1. The van der Waals surface area contributed by atoms with Crippen LogP contribution in [0.1, 0.15) is 15.9 Å². The molecule has 1 heterocycles. The van der Waals surface area contributed by atoms with Crippen molar-refractivity contribution in [3.63, 3.8) is 0 Å². The lowest BCUT2D eigenvalue weighted by atomic mass is 10.0. The fourth-order valence-corrected chi connectivity index (χ4v) is 2.33. The van der Waals surface area contributed by atoms with Gasteiger partial charge in [-0.1, -0.05) is 0 Å². The van der Waals surface area contributed by atoms with Gasteiger partial charge in [0.2, 0.25) is 0 Å². The van der Waals surface area contributed by atoms with Crippen molar-refractivity contribution in [1.82, 2.24) is 4.98 Å². The number of benzene rings is 2. The van der Waals surface area contributed by atoms with Gasteiger partial charge in [-0.05, 0) is 52.3 Å². The van der Waals surface area contributed by atoms with Gasteiger partial charge in [-0.15, -0.1) is 0 Å². The second-order valence-corrected chi connectivity index (χ2v) is 5.20. The summed E-state index contributed by atoms with van der Waals surface area (Å²) in [5.74, 6) is -1.19. The van der Waals surface area contributed by atoms with E-state index in [-0.39, 0.29) is 17.2 Å². The molecule has 1 aromatic heterocycles. The number of hydrogen-bond acceptors (Lipinski definition) is 1. The van der Waals surface area contributed by atoms with Gasteiger partial charge in [0.05, 0.1) is 4.47 Å². The van der Waals surface area contributed by atoms with Crippen LogP contribution in [0.4, 0.5) is 8.78 Å². The van der Waals surface area contributed by atoms with E-state index in [9.17, 15) is 13.6 Å². The predicted molar refractivity (Wildman–Crippen MR) is 75.8 cm³/mol. The van der Waals surface area contributed by atoms with Crippen molar-refractivity contribution in [1.29, 1.82) is 0 Å². The molecule has 0 spiro atoms. The van der Waals surface area contributed by atoms with E-state index in [0.717, 1.165) is 0 Å². The number of H-pyrrole nitrogens is 1. The maximum absolute atomic E-state index is 13.5. The summed E-state index contributed by atoms with van der Waals surface area (Å²) in [4.78, 5) is 15.2. The molecule has 2 nitrogen and oxygen atoms in total. The molecule has 0 atom stereocenters. The van der Waals surface area contributed by atoms with Crippen molar-refractivity contribution in [2.24, 2.45) is 0 Å². The van der Waals surface area contributed by atoms with Crippen molar-refractivity contribution < 1.29 is 13.6 Å². The molecule has 0 saturated heterocycles. The Morgan fingerprint density at radius 1 is 1.10 bits per heavy atom. The summed E-state index contributed by atoms with van der Waals surface area (Å²) in [7, 11) is 0.